The Morgan fingerprint density at radius 3 is 1.14 bits per heavy atom. The van der Waals surface area contributed by atoms with Gasteiger partial charge in [-0.15, -0.1) is 5.17 Å². The summed E-state index contributed by atoms with van der Waals surface area (Å²) in [6.45, 7) is -3.86. The SMILES string of the molecule is CN(O)NCO[C@@H]1O[C@H](CO)[C@@H](O)[C@H](O[C@@H]2O[C@H](CO)[C@@H](O)[C@H](O[C@@H]3O[C@H](CO)[C@@H](O)[C@H](O[C@@H]4O[C@H](CO)[C@@H](O)[C@H](O)[C@H]4O)[C@H]3O)[C@H]2O)[C@H]1O. The predicted molar refractivity (Wildman–Crippen MR) is 150 cm³/mol. The molecule has 294 valence electrons. The summed E-state index contributed by atoms with van der Waals surface area (Å²) in [6, 6.07) is 0. The predicted octanol–water partition coefficient (Wildman–Crippen LogP) is -9.94. The number of hydroxylamine groups is 1. The molecule has 0 saturated carbocycles. The number of hydrogen-bond donors (Lipinski definition) is 15. The van der Waals surface area contributed by atoms with Crippen LogP contribution in [-0.4, -0.2) is 240 Å². The smallest absolute Gasteiger partial charge is 0.188 e. The molecule has 50 heavy (non-hydrogen) atoms. The molecule has 24 heteroatoms. The minimum Gasteiger partial charge on any atom is -0.394 e. The zero-order valence-corrected chi connectivity index (χ0v) is 26.6. The average molecular weight is 741 g/mol. The molecule has 20 atom stereocenters. The van der Waals surface area contributed by atoms with Crippen LogP contribution < -0.4 is 5.43 Å². The van der Waals surface area contributed by atoms with E-state index >= 15 is 0 Å². The zero-order valence-electron chi connectivity index (χ0n) is 26.6. The first-order valence-corrected chi connectivity index (χ1v) is 15.6. The fourth-order valence-electron chi connectivity index (χ4n) is 5.86. The van der Waals surface area contributed by atoms with Gasteiger partial charge in [-0.05, 0) is 0 Å². The van der Waals surface area contributed by atoms with E-state index in [4.69, 9.17) is 37.9 Å². The van der Waals surface area contributed by atoms with Gasteiger partial charge in [0.25, 0.3) is 0 Å². The van der Waals surface area contributed by atoms with E-state index in [1.807, 2.05) is 0 Å². The van der Waals surface area contributed by atoms with E-state index in [0.29, 0.717) is 5.17 Å². The maximum Gasteiger partial charge on any atom is 0.188 e. The van der Waals surface area contributed by atoms with Crippen molar-refractivity contribution in [3.63, 3.8) is 0 Å². The number of rotatable bonds is 14. The van der Waals surface area contributed by atoms with Crippen molar-refractivity contribution < 1.29 is 109 Å². The van der Waals surface area contributed by atoms with Gasteiger partial charge in [0.2, 0.25) is 0 Å². The van der Waals surface area contributed by atoms with Crippen molar-refractivity contribution in [3.8, 4) is 0 Å². The number of nitrogens with zero attached hydrogens (tertiary/aromatic N) is 1. The third kappa shape index (κ3) is 9.04. The average Bonchev–Trinajstić information content (AvgIpc) is 3.09. The molecule has 0 aromatic heterocycles. The summed E-state index contributed by atoms with van der Waals surface area (Å²) in [5, 5.41) is 145. The summed E-state index contributed by atoms with van der Waals surface area (Å²) >= 11 is 0. The highest BCUT2D eigenvalue weighted by Gasteiger charge is 2.55. The van der Waals surface area contributed by atoms with E-state index in [2.05, 4.69) is 5.43 Å². The fourth-order valence-corrected chi connectivity index (χ4v) is 5.86. The number of aliphatic hydroxyl groups excluding tert-OH is 13. The number of hydrazine groups is 1. The number of hydrogen-bond acceptors (Lipinski definition) is 24. The van der Waals surface area contributed by atoms with Crippen LogP contribution in [-0.2, 0) is 37.9 Å². The largest absolute Gasteiger partial charge is 0.394 e. The molecule has 4 heterocycles. The monoisotopic (exact) mass is 740 g/mol. The molecular formula is C26H48N2O22. The summed E-state index contributed by atoms with van der Waals surface area (Å²) in [6.07, 6.45) is -35.8. The first kappa shape index (κ1) is 41.8. The molecule has 4 aliphatic heterocycles. The molecule has 4 saturated heterocycles. The van der Waals surface area contributed by atoms with Gasteiger partial charge in [-0.2, -0.15) is 0 Å². The molecule has 0 aromatic rings. The second-order valence-electron chi connectivity index (χ2n) is 12.1. The van der Waals surface area contributed by atoms with Gasteiger partial charge in [0.15, 0.2) is 25.2 Å². The maximum atomic E-state index is 11.2. The van der Waals surface area contributed by atoms with Crippen LogP contribution in [0.25, 0.3) is 0 Å². The van der Waals surface area contributed by atoms with E-state index in [1.54, 1.807) is 0 Å². The molecule has 0 radical (unpaired) electrons. The second kappa shape index (κ2) is 18.4. The van der Waals surface area contributed by atoms with Gasteiger partial charge in [-0.3, -0.25) is 5.21 Å². The van der Waals surface area contributed by atoms with Gasteiger partial charge in [0.1, 0.15) is 104 Å². The minimum atomic E-state index is -2.07. The van der Waals surface area contributed by atoms with E-state index in [-0.39, 0.29) is 0 Å². The van der Waals surface area contributed by atoms with Crippen molar-refractivity contribution in [1.82, 2.24) is 10.6 Å². The molecule has 0 aliphatic carbocycles. The lowest BCUT2D eigenvalue weighted by Gasteiger charge is -2.49. The van der Waals surface area contributed by atoms with E-state index < -0.39 is 156 Å². The Labute approximate surface area is 283 Å². The van der Waals surface area contributed by atoms with E-state index in [9.17, 15) is 71.6 Å². The molecule has 0 aromatic carbocycles. The number of ether oxygens (including phenoxy) is 8. The van der Waals surface area contributed by atoms with Crippen molar-refractivity contribution in [2.24, 2.45) is 0 Å². The molecule has 0 bridgehead atoms. The maximum absolute atomic E-state index is 11.2. The van der Waals surface area contributed by atoms with Crippen LogP contribution in [0.15, 0.2) is 0 Å². The topological polar surface area (TPSA) is 372 Å². The van der Waals surface area contributed by atoms with Gasteiger partial charge >= 0.3 is 0 Å². The Bertz CT molecular complexity index is 1020. The number of aliphatic hydroxyl groups is 13. The first-order chi connectivity index (χ1) is 23.7. The Balaban J connectivity index is 1.52. The summed E-state index contributed by atoms with van der Waals surface area (Å²) < 4.78 is 43.7. The third-order valence-electron chi connectivity index (χ3n) is 8.73. The van der Waals surface area contributed by atoms with Gasteiger partial charge < -0.3 is 104 Å². The Morgan fingerprint density at radius 2 is 0.780 bits per heavy atom. The molecule has 24 nitrogen and oxygen atoms in total. The molecule has 4 rings (SSSR count). The molecular weight excluding hydrogens is 692 g/mol. The van der Waals surface area contributed by atoms with E-state index in [0.717, 1.165) is 0 Å². The quantitative estimate of drug-likeness (QED) is 0.0580. The third-order valence-corrected chi connectivity index (χ3v) is 8.73. The van der Waals surface area contributed by atoms with Crippen LogP contribution in [0.4, 0.5) is 0 Å². The number of nitrogens with one attached hydrogen (secondary N) is 1. The van der Waals surface area contributed by atoms with Gasteiger partial charge in [0, 0.05) is 7.05 Å². The Kier molecular flexibility index (Phi) is 15.4. The van der Waals surface area contributed by atoms with Crippen LogP contribution in [0.2, 0.25) is 0 Å². The molecule has 4 aliphatic rings. The molecule has 0 spiro atoms. The summed E-state index contributed by atoms with van der Waals surface area (Å²) in [5.74, 6) is 0. The highest BCUT2D eigenvalue weighted by atomic mass is 16.8. The molecule has 0 amide bonds. The van der Waals surface area contributed by atoms with Crippen LogP contribution >= 0.6 is 0 Å². The van der Waals surface area contributed by atoms with Crippen molar-refractivity contribution in [1.29, 1.82) is 0 Å². The van der Waals surface area contributed by atoms with Crippen molar-refractivity contribution in [2.45, 2.75) is 123 Å². The first-order valence-electron chi connectivity index (χ1n) is 15.6. The zero-order chi connectivity index (χ0) is 37.0. The molecule has 15 N–H and O–H groups in total. The highest BCUT2D eigenvalue weighted by molar-refractivity contribution is 4.98. The minimum absolute atomic E-state index is 0.429. The van der Waals surface area contributed by atoms with Crippen LogP contribution in [0.1, 0.15) is 0 Å². The Morgan fingerprint density at radius 1 is 0.460 bits per heavy atom. The fraction of sp³-hybridized carbons (Fsp3) is 1.00. The van der Waals surface area contributed by atoms with Crippen LogP contribution in [0, 0.1) is 0 Å². The molecule has 4 fully saturated rings. The lowest BCUT2D eigenvalue weighted by molar-refractivity contribution is -0.390. The summed E-state index contributed by atoms with van der Waals surface area (Å²) in [4.78, 5) is 0. The standard InChI is InChI=1S/C26H48N2O22/c1-28(42)27-6-43-23-17(39)20(12(34)8(3-30)44-23)49-25-19(41)22(14(36)10(5-32)46-25)50-26-18(40)21(13(35)9(4-31)47-26)48-24-16(38)15(37)11(33)7(2-29)45-24/h7-27,29-42H,2-6H2,1H3/t7-,8-,9-,10-,11-,12-,13-,14-,15+,16-,17-,18-,19-,20+,21+,22+,23-,24+,25+,26+/m1/s1. The van der Waals surface area contributed by atoms with Gasteiger partial charge in [-0.25, -0.2) is 5.43 Å². The van der Waals surface area contributed by atoms with Crippen LogP contribution in [0.5, 0.6) is 0 Å². The Hall–Kier alpha value is -0.960. The second-order valence-corrected chi connectivity index (χ2v) is 12.1. The lowest BCUT2D eigenvalue weighted by atomic mass is 9.95. The van der Waals surface area contributed by atoms with E-state index in [1.165, 1.54) is 7.05 Å². The highest BCUT2D eigenvalue weighted by Crippen LogP contribution is 2.34. The van der Waals surface area contributed by atoms with Gasteiger partial charge in [0.05, 0.1) is 26.4 Å². The van der Waals surface area contributed by atoms with Crippen molar-refractivity contribution in [2.75, 3.05) is 40.2 Å². The lowest BCUT2D eigenvalue weighted by Crippen LogP contribution is -2.68. The summed E-state index contributed by atoms with van der Waals surface area (Å²) in [5.41, 5.74) is 2.32. The normalized spacial score (nSPS) is 49.0. The van der Waals surface area contributed by atoms with Crippen LogP contribution in [0.3, 0.4) is 0 Å². The molecule has 0 unspecified atom stereocenters. The van der Waals surface area contributed by atoms with Gasteiger partial charge in [-0.1, -0.05) is 0 Å². The van der Waals surface area contributed by atoms with Crippen molar-refractivity contribution in [3.05, 3.63) is 0 Å². The van der Waals surface area contributed by atoms with Crippen molar-refractivity contribution >= 4 is 0 Å². The summed E-state index contributed by atoms with van der Waals surface area (Å²) in [7, 11) is 1.22.